The van der Waals surface area contributed by atoms with E-state index in [1.165, 1.54) is 0 Å². The van der Waals surface area contributed by atoms with Crippen molar-refractivity contribution in [1.29, 1.82) is 0 Å². The van der Waals surface area contributed by atoms with E-state index in [-0.39, 0.29) is 0 Å². The zero-order valence-electron chi connectivity index (χ0n) is 11.9. The molecule has 0 unspecified atom stereocenters. The van der Waals surface area contributed by atoms with Crippen LogP contribution in [0.2, 0.25) is 0 Å². The molecule has 0 aliphatic carbocycles. The third kappa shape index (κ3) is 4.28. The third-order valence-corrected chi connectivity index (χ3v) is 2.80. The number of alkyl halides is 3. The van der Waals surface area contributed by atoms with Crippen molar-refractivity contribution in [2.75, 3.05) is 11.9 Å². The van der Waals surface area contributed by atoms with Gasteiger partial charge in [-0.25, -0.2) is 0 Å². The van der Waals surface area contributed by atoms with E-state index >= 15 is 0 Å². The highest BCUT2D eigenvalue weighted by atomic mass is 19.4. The van der Waals surface area contributed by atoms with E-state index < -0.39 is 36.3 Å². The van der Waals surface area contributed by atoms with Crippen LogP contribution >= 0.6 is 0 Å². The fourth-order valence-electron chi connectivity index (χ4n) is 1.70. The molecule has 0 aliphatic heterocycles. The van der Waals surface area contributed by atoms with Crippen LogP contribution in [0.3, 0.4) is 0 Å². The molecular weight excluding hydrogens is 315 g/mol. The summed E-state index contributed by atoms with van der Waals surface area (Å²) in [5, 5.41) is 9.29. The first kappa shape index (κ1) is 16.5. The number of aromatic nitrogens is 3. The summed E-state index contributed by atoms with van der Waals surface area (Å²) in [6.45, 7) is 1.31. The topological polar surface area (TPSA) is 99.8 Å². The molecule has 0 spiro atoms. The van der Waals surface area contributed by atoms with E-state index in [0.717, 1.165) is 5.56 Å². The van der Waals surface area contributed by atoms with E-state index in [0.29, 0.717) is 5.56 Å². The molecule has 1 heterocycles. The Hall–Kier alpha value is -2.91. The number of amides is 2. The van der Waals surface area contributed by atoms with Crippen LogP contribution < -0.4 is 10.6 Å². The molecule has 122 valence electrons. The minimum atomic E-state index is -4.69. The average Bonchev–Trinajstić information content (AvgIpc) is 2.94. The first-order valence-electron chi connectivity index (χ1n) is 6.40. The first-order chi connectivity index (χ1) is 10.8. The number of hydrogen-bond acceptors (Lipinski definition) is 4. The standard InChI is InChI=1S/C13H12F3N5O2/c1-7-4-2-3-5-8(7)10(23)17-6-9(22)18-12-19-11(20-21-12)13(14,15)16/h2-5H,6H2,1H3,(H,17,23)(H2,18,19,20,21,22). The van der Waals surface area contributed by atoms with E-state index in [1.807, 2.05) is 5.32 Å². The maximum absolute atomic E-state index is 12.3. The molecule has 0 saturated carbocycles. The molecule has 2 rings (SSSR count). The molecule has 3 N–H and O–H groups in total. The van der Waals surface area contributed by atoms with E-state index in [4.69, 9.17) is 0 Å². The minimum Gasteiger partial charge on any atom is -0.343 e. The number of carbonyl (C=O) groups is 2. The molecule has 0 radical (unpaired) electrons. The second kappa shape index (κ2) is 6.46. The lowest BCUT2D eigenvalue weighted by molar-refractivity contribution is -0.144. The number of H-pyrrole nitrogens is 1. The Bertz CT molecular complexity index is 726. The second-order valence-corrected chi connectivity index (χ2v) is 4.55. The van der Waals surface area contributed by atoms with Crippen LogP contribution in [-0.4, -0.2) is 33.5 Å². The van der Waals surface area contributed by atoms with E-state index in [1.54, 1.807) is 36.3 Å². The van der Waals surface area contributed by atoms with Crippen molar-refractivity contribution in [2.45, 2.75) is 13.1 Å². The monoisotopic (exact) mass is 327 g/mol. The van der Waals surface area contributed by atoms with Crippen LogP contribution in [0.5, 0.6) is 0 Å². The van der Waals surface area contributed by atoms with Crippen molar-refractivity contribution in [3.8, 4) is 0 Å². The molecule has 0 bridgehead atoms. The summed E-state index contributed by atoms with van der Waals surface area (Å²) in [4.78, 5) is 26.6. The van der Waals surface area contributed by atoms with Crippen molar-refractivity contribution in [2.24, 2.45) is 0 Å². The molecule has 10 heteroatoms. The summed E-state index contributed by atoms with van der Waals surface area (Å²) in [5.74, 6) is -3.06. The predicted molar refractivity (Wildman–Crippen MR) is 73.5 cm³/mol. The number of aryl methyl sites for hydroxylation is 1. The number of aromatic amines is 1. The lowest BCUT2D eigenvalue weighted by Gasteiger charge is -2.06. The van der Waals surface area contributed by atoms with Crippen LogP contribution in [-0.2, 0) is 11.0 Å². The number of rotatable bonds is 4. The van der Waals surface area contributed by atoms with E-state index in [9.17, 15) is 22.8 Å². The van der Waals surface area contributed by atoms with Gasteiger partial charge in [0.2, 0.25) is 17.7 Å². The van der Waals surface area contributed by atoms with Gasteiger partial charge in [-0.3, -0.25) is 20.0 Å². The highest BCUT2D eigenvalue weighted by Gasteiger charge is 2.35. The summed E-state index contributed by atoms with van der Waals surface area (Å²) in [7, 11) is 0. The Kier molecular flexibility index (Phi) is 4.63. The largest absolute Gasteiger partial charge is 0.451 e. The molecule has 2 aromatic rings. The van der Waals surface area contributed by atoms with Gasteiger partial charge in [-0.15, -0.1) is 5.10 Å². The Balaban J connectivity index is 1.89. The maximum Gasteiger partial charge on any atom is 0.451 e. The fraction of sp³-hybridized carbons (Fsp3) is 0.231. The molecular formula is C13H12F3N5O2. The molecule has 1 aromatic carbocycles. The number of benzene rings is 1. The van der Waals surface area contributed by atoms with Crippen LogP contribution in [0.4, 0.5) is 19.1 Å². The third-order valence-electron chi connectivity index (χ3n) is 2.80. The van der Waals surface area contributed by atoms with Gasteiger partial charge < -0.3 is 5.32 Å². The van der Waals surface area contributed by atoms with Gasteiger partial charge in [-0.1, -0.05) is 18.2 Å². The van der Waals surface area contributed by atoms with Gasteiger partial charge >= 0.3 is 6.18 Å². The average molecular weight is 327 g/mol. The molecule has 0 saturated heterocycles. The summed E-state index contributed by atoms with van der Waals surface area (Å²) in [6, 6.07) is 6.77. The molecule has 2 amide bonds. The van der Waals surface area contributed by atoms with Gasteiger partial charge in [0.15, 0.2) is 0 Å². The van der Waals surface area contributed by atoms with Crippen LogP contribution in [0.15, 0.2) is 24.3 Å². The molecule has 7 nitrogen and oxygen atoms in total. The van der Waals surface area contributed by atoms with Gasteiger partial charge in [-0.05, 0) is 18.6 Å². The van der Waals surface area contributed by atoms with Gasteiger partial charge in [0, 0.05) is 5.56 Å². The van der Waals surface area contributed by atoms with Crippen LogP contribution in [0.25, 0.3) is 0 Å². The lowest BCUT2D eigenvalue weighted by Crippen LogP contribution is -2.33. The lowest BCUT2D eigenvalue weighted by atomic mass is 10.1. The quantitative estimate of drug-likeness (QED) is 0.792. The van der Waals surface area contributed by atoms with Crippen molar-refractivity contribution < 1.29 is 22.8 Å². The van der Waals surface area contributed by atoms with Crippen LogP contribution in [0, 0.1) is 6.92 Å². The highest BCUT2D eigenvalue weighted by Crippen LogP contribution is 2.26. The zero-order valence-corrected chi connectivity index (χ0v) is 11.9. The number of carbonyl (C=O) groups excluding carboxylic acids is 2. The molecule has 23 heavy (non-hydrogen) atoms. The molecule has 1 aromatic heterocycles. The second-order valence-electron chi connectivity index (χ2n) is 4.55. The first-order valence-corrected chi connectivity index (χ1v) is 6.40. The normalized spacial score (nSPS) is 11.1. The molecule has 0 aliphatic rings. The zero-order chi connectivity index (χ0) is 17.0. The number of nitrogens with zero attached hydrogens (tertiary/aromatic N) is 2. The highest BCUT2D eigenvalue weighted by molar-refractivity contribution is 5.99. The van der Waals surface area contributed by atoms with Gasteiger partial charge in [0.1, 0.15) is 0 Å². The van der Waals surface area contributed by atoms with Crippen molar-refractivity contribution in [3.05, 3.63) is 41.2 Å². The summed E-state index contributed by atoms with van der Waals surface area (Å²) in [5.41, 5.74) is 1.13. The molecule has 0 fully saturated rings. The summed E-state index contributed by atoms with van der Waals surface area (Å²) in [6.07, 6.45) is -4.69. The number of anilines is 1. The Labute approximate surface area is 128 Å². The number of nitrogens with one attached hydrogen (secondary N) is 3. The maximum atomic E-state index is 12.3. The minimum absolute atomic E-state index is 0.401. The number of hydrogen-bond donors (Lipinski definition) is 3. The van der Waals surface area contributed by atoms with Gasteiger partial charge in [-0.2, -0.15) is 18.2 Å². The molecule has 0 atom stereocenters. The Morgan fingerprint density at radius 2 is 1.96 bits per heavy atom. The predicted octanol–water partition coefficient (Wildman–Crippen LogP) is 1.50. The summed E-state index contributed by atoms with van der Waals surface area (Å²) < 4.78 is 36.9. The Morgan fingerprint density at radius 3 is 2.57 bits per heavy atom. The van der Waals surface area contributed by atoms with E-state index in [2.05, 4.69) is 15.4 Å². The van der Waals surface area contributed by atoms with Crippen molar-refractivity contribution in [1.82, 2.24) is 20.5 Å². The fourth-order valence-corrected chi connectivity index (χ4v) is 1.70. The Morgan fingerprint density at radius 1 is 1.26 bits per heavy atom. The van der Waals surface area contributed by atoms with Gasteiger partial charge in [0.05, 0.1) is 6.54 Å². The van der Waals surface area contributed by atoms with Crippen molar-refractivity contribution >= 4 is 17.8 Å². The van der Waals surface area contributed by atoms with Gasteiger partial charge in [0.25, 0.3) is 5.91 Å². The van der Waals surface area contributed by atoms with Crippen LogP contribution in [0.1, 0.15) is 21.7 Å². The van der Waals surface area contributed by atoms with Crippen molar-refractivity contribution in [3.63, 3.8) is 0 Å². The number of halogens is 3. The SMILES string of the molecule is Cc1ccccc1C(=O)NCC(=O)Nc1n[nH]c(C(F)(F)F)n1. The summed E-state index contributed by atoms with van der Waals surface area (Å²) >= 11 is 0. The smallest absolute Gasteiger partial charge is 0.343 e.